The number of aliphatic hydroxyl groups is 1. The fraction of sp³-hybridized carbons (Fsp3) is 0.471. The topological polar surface area (TPSA) is 38.1 Å². The summed E-state index contributed by atoms with van der Waals surface area (Å²) in [5, 5.41) is 10.6. The van der Waals surface area contributed by atoms with Gasteiger partial charge in [0.05, 0.1) is 30.4 Å². The summed E-state index contributed by atoms with van der Waals surface area (Å²) in [6.45, 7) is 6.33. The van der Waals surface area contributed by atoms with Crippen molar-refractivity contribution in [3.05, 3.63) is 42.4 Å². The molecule has 3 nitrogen and oxygen atoms in total. The molecule has 1 aliphatic rings. The molecule has 0 saturated heterocycles. The second kappa shape index (κ2) is 5.06. The lowest BCUT2D eigenvalue weighted by molar-refractivity contribution is 0.0449. The molecule has 1 aromatic carbocycles. The minimum absolute atomic E-state index is 0.200. The van der Waals surface area contributed by atoms with E-state index in [1.54, 1.807) is 0 Å². The van der Waals surface area contributed by atoms with Crippen molar-refractivity contribution in [1.29, 1.82) is 0 Å². The Hall–Kier alpha value is -1.61. The maximum Gasteiger partial charge on any atom is 0.0956 e. The molecule has 0 aliphatic carbocycles. The van der Waals surface area contributed by atoms with Crippen LogP contribution in [0, 0.1) is 11.8 Å². The Morgan fingerprint density at radius 3 is 2.75 bits per heavy atom. The molecule has 0 bridgehead atoms. The Bertz CT molecular complexity index is 603. The van der Waals surface area contributed by atoms with Gasteiger partial charge in [-0.25, -0.2) is 4.98 Å². The highest BCUT2D eigenvalue weighted by Gasteiger charge is 2.37. The normalized spacial score (nSPS) is 19.8. The van der Waals surface area contributed by atoms with Gasteiger partial charge in [0.25, 0.3) is 0 Å². The van der Waals surface area contributed by atoms with Gasteiger partial charge in [-0.1, -0.05) is 45.0 Å². The number of fused-ring (bicyclic) bond motifs is 3. The maximum atomic E-state index is 10.6. The molecule has 0 amide bonds. The third-order valence-electron chi connectivity index (χ3n) is 4.52. The third kappa shape index (κ3) is 1.88. The van der Waals surface area contributed by atoms with E-state index < -0.39 is 0 Å². The van der Waals surface area contributed by atoms with Crippen molar-refractivity contribution in [3.63, 3.8) is 0 Å². The molecule has 1 aliphatic heterocycles. The van der Waals surface area contributed by atoms with Gasteiger partial charge < -0.3 is 9.67 Å². The van der Waals surface area contributed by atoms with Crippen LogP contribution in [0.3, 0.4) is 0 Å². The first kappa shape index (κ1) is 13.4. The van der Waals surface area contributed by atoms with E-state index in [9.17, 15) is 5.11 Å². The first-order chi connectivity index (χ1) is 9.65. The molecule has 2 aromatic rings. The summed E-state index contributed by atoms with van der Waals surface area (Å²) in [4.78, 5) is 4.30. The third-order valence-corrected chi connectivity index (χ3v) is 4.52. The zero-order valence-corrected chi connectivity index (χ0v) is 12.3. The van der Waals surface area contributed by atoms with E-state index in [2.05, 4.69) is 54.6 Å². The summed E-state index contributed by atoms with van der Waals surface area (Å²) in [5.41, 5.74) is 3.74. The largest absolute Gasteiger partial charge is 0.392 e. The van der Waals surface area contributed by atoms with Crippen LogP contribution in [0.15, 0.2) is 36.8 Å². The minimum Gasteiger partial charge on any atom is -0.392 e. The average Bonchev–Trinajstić information content (AvgIpc) is 3.02. The number of aromatic nitrogens is 2. The van der Waals surface area contributed by atoms with Crippen LogP contribution in [0.4, 0.5) is 0 Å². The zero-order chi connectivity index (χ0) is 14.3. The summed E-state index contributed by atoms with van der Waals surface area (Å²) in [6, 6.07) is 8.68. The number of nitrogens with zero attached hydrogens (tertiary/aromatic N) is 2. The first-order valence-corrected chi connectivity index (χ1v) is 7.44. The van der Waals surface area contributed by atoms with Gasteiger partial charge in [-0.2, -0.15) is 0 Å². The second-order valence-electron chi connectivity index (χ2n) is 6.02. The second-order valence-corrected chi connectivity index (χ2v) is 6.02. The molecule has 106 valence electrons. The summed E-state index contributed by atoms with van der Waals surface area (Å²) in [7, 11) is 0. The van der Waals surface area contributed by atoms with Crippen molar-refractivity contribution in [3.8, 4) is 11.3 Å². The van der Waals surface area contributed by atoms with Gasteiger partial charge in [0.15, 0.2) is 0 Å². The fourth-order valence-electron chi connectivity index (χ4n) is 3.46. The molecule has 0 fully saturated rings. The molecule has 3 atom stereocenters. The quantitative estimate of drug-likeness (QED) is 0.923. The van der Waals surface area contributed by atoms with E-state index in [0.717, 1.165) is 6.42 Å². The predicted octanol–water partition coefficient (Wildman–Crippen LogP) is 3.50. The van der Waals surface area contributed by atoms with Gasteiger partial charge in [-0.3, -0.25) is 0 Å². The van der Waals surface area contributed by atoms with Crippen molar-refractivity contribution in [2.45, 2.75) is 39.3 Å². The van der Waals surface area contributed by atoms with Crippen LogP contribution in [0.5, 0.6) is 0 Å². The van der Waals surface area contributed by atoms with Gasteiger partial charge in [0.2, 0.25) is 0 Å². The van der Waals surface area contributed by atoms with Gasteiger partial charge in [-0.15, -0.1) is 0 Å². The molecular formula is C17H22N2O. The van der Waals surface area contributed by atoms with E-state index in [1.807, 2.05) is 12.5 Å². The fourth-order valence-corrected chi connectivity index (χ4v) is 3.46. The van der Waals surface area contributed by atoms with Crippen molar-refractivity contribution >= 4 is 0 Å². The Labute approximate surface area is 120 Å². The van der Waals surface area contributed by atoms with Gasteiger partial charge in [0.1, 0.15) is 0 Å². The maximum absolute atomic E-state index is 10.6. The molecule has 3 heteroatoms. The number of hydrogen-bond donors (Lipinski definition) is 1. The molecule has 0 saturated carbocycles. The first-order valence-electron chi connectivity index (χ1n) is 7.44. The van der Waals surface area contributed by atoms with E-state index in [4.69, 9.17) is 0 Å². The molecular weight excluding hydrogens is 248 g/mol. The average molecular weight is 270 g/mol. The highest BCUT2D eigenvalue weighted by atomic mass is 16.3. The molecule has 0 unspecified atom stereocenters. The lowest BCUT2D eigenvalue weighted by Crippen LogP contribution is -2.32. The van der Waals surface area contributed by atoms with E-state index in [-0.39, 0.29) is 24.0 Å². The van der Waals surface area contributed by atoms with E-state index in [0.29, 0.717) is 0 Å². The lowest BCUT2D eigenvalue weighted by Gasteiger charge is -2.31. The number of hydrogen-bond acceptors (Lipinski definition) is 2. The highest BCUT2D eigenvalue weighted by molar-refractivity contribution is 5.69. The lowest BCUT2D eigenvalue weighted by atomic mass is 9.82. The zero-order valence-electron chi connectivity index (χ0n) is 12.3. The van der Waals surface area contributed by atoms with Crippen LogP contribution in [-0.2, 0) is 0 Å². The van der Waals surface area contributed by atoms with Crippen LogP contribution < -0.4 is 0 Å². The molecule has 0 spiro atoms. The number of benzene rings is 1. The minimum atomic E-state index is -0.300. The number of imidazole rings is 1. The van der Waals surface area contributed by atoms with Gasteiger partial charge in [0, 0.05) is 11.5 Å². The van der Waals surface area contributed by atoms with E-state index in [1.165, 1.54) is 16.8 Å². The molecule has 0 radical (unpaired) electrons. The Balaban J connectivity index is 2.09. The predicted molar refractivity (Wildman–Crippen MR) is 80.4 cm³/mol. The SMILES string of the molecule is CC[C@@H]([C@H](O)C(C)C)[C@@H]1c2ccccc2-c2cncn21. The monoisotopic (exact) mass is 270 g/mol. The van der Waals surface area contributed by atoms with Crippen molar-refractivity contribution < 1.29 is 5.11 Å². The van der Waals surface area contributed by atoms with Gasteiger partial charge >= 0.3 is 0 Å². The van der Waals surface area contributed by atoms with Crippen LogP contribution >= 0.6 is 0 Å². The summed E-state index contributed by atoms with van der Waals surface area (Å²) >= 11 is 0. The van der Waals surface area contributed by atoms with Crippen molar-refractivity contribution in [1.82, 2.24) is 9.55 Å². The molecule has 2 heterocycles. The number of aliphatic hydroxyl groups excluding tert-OH is 1. The number of rotatable bonds is 4. The Kier molecular flexibility index (Phi) is 3.38. The van der Waals surface area contributed by atoms with E-state index >= 15 is 0 Å². The van der Waals surface area contributed by atoms with Crippen LogP contribution in [0.2, 0.25) is 0 Å². The van der Waals surface area contributed by atoms with Crippen LogP contribution in [0.1, 0.15) is 38.8 Å². The smallest absolute Gasteiger partial charge is 0.0956 e. The standard InChI is InChI=1S/C17H22N2O/c1-4-12(17(20)11(2)3)16-14-8-6-5-7-13(14)15-9-18-10-19(15)16/h5-12,16-17,20H,4H2,1-3H3/t12-,16-,17-/m1/s1. The van der Waals surface area contributed by atoms with Crippen LogP contribution in [-0.4, -0.2) is 20.8 Å². The Morgan fingerprint density at radius 2 is 2.05 bits per heavy atom. The molecule has 3 rings (SSSR count). The summed E-state index contributed by atoms with van der Waals surface area (Å²) in [6.07, 6.45) is 4.48. The summed E-state index contributed by atoms with van der Waals surface area (Å²) in [5.74, 6) is 0.478. The van der Waals surface area contributed by atoms with Crippen molar-refractivity contribution in [2.75, 3.05) is 0 Å². The van der Waals surface area contributed by atoms with Crippen molar-refractivity contribution in [2.24, 2.45) is 11.8 Å². The highest BCUT2D eigenvalue weighted by Crippen LogP contribution is 2.45. The molecule has 1 aromatic heterocycles. The molecule has 1 N–H and O–H groups in total. The summed E-state index contributed by atoms with van der Waals surface area (Å²) < 4.78 is 2.23. The molecule has 20 heavy (non-hydrogen) atoms. The Morgan fingerprint density at radius 1 is 1.30 bits per heavy atom. The van der Waals surface area contributed by atoms with Gasteiger partial charge in [-0.05, 0) is 17.9 Å². The van der Waals surface area contributed by atoms with Crippen LogP contribution in [0.25, 0.3) is 11.3 Å².